The van der Waals surface area contributed by atoms with Gasteiger partial charge >= 0.3 is 0 Å². The molecule has 1 saturated carbocycles. The Bertz CT molecular complexity index is 421. The van der Waals surface area contributed by atoms with Crippen LogP contribution in [0.3, 0.4) is 0 Å². The van der Waals surface area contributed by atoms with Crippen molar-refractivity contribution in [2.24, 2.45) is 11.1 Å². The normalized spacial score (nSPS) is 30.9. The molecule has 0 aromatic heterocycles. The van der Waals surface area contributed by atoms with E-state index in [4.69, 9.17) is 9.57 Å². The zero-order chi connectivity index (χ0) is 11.7. The predicted molar refractivity (Wildman–Crippen MR) is 69.0 cm³/mol. The lowest BCUT2D eigenvalue weighted by atomic mass is 10.1. The molecule has 1 fully saturated rings. The Kier molecular flexibility index (Phi) is 3.16. The summed E-state index contributed by atoms with van der Waals surface area (Å²) in [6.07, 6.45) is 2.44. The van der Waals surface area contributed by atoms with Gasteiger partial charge in [-0.1, -0.05) is 35.5 Å². The fraction of sp³-hybridized carbons (Fsp3) is 0.462. The Morgan fingerprint density at radius 1 is 1.29 bits per heavy atom. The first-order valence-electron chi connectivity index (χ1n) is 5.87. The summed E-state index contributed by atoms with van der Waals surface area (Å²) in [5.74, 6) is 0.399. The highest BCUT2D eigenvalue weighted by Gasteiger charge is 2.42. The summed E-state index contributed by atoms with van der Waals surface area (Å²) in [7, 11) is 0. The summed E-state index contributed by atoms with van der Waals surface area (Å²) in [6.45, 7) is 0.680. The molecule has 17 heavy (non-hydrogen) atoms. The summed E-state index contributed by atoms with van der Waals surface area (Å²) in [5.41, 5.74) is 1.22. The van der Waals surface area contributed by atoms with Crippen LogP contribution in [0.4, 0.5) is 0 Å². The summed E-state index contributed by atoms with van der Waals surface area (Å²) in [4.78, 5) is 5.33. The van der Waals surface area contributed by atoms with Gasteiger partial charge in [-0.05, 0) is 27.9 Å². The molecule has 3 atom stereocenters. The molecular formula is C13H14BrNO2. The van der Waals surface area contributed by atoms with Gasteiger partial charge in [0.25, 0.3) is 0 Å². The molecule has 1 unspecified atom stereocenters. The van der Waals surface area contributed by atoms with Crippen LogP contribution in [0, 0.1) is 5.92 Å². The highest BCUT2D eigenvalue weighted by molar-refractivity contribution is 9.18. The third-order valence-corrected chi connectivity index (χ3v) is 4.10. The van der Waals surface area contributed by atoms with Gasteiger partial charge < -0.3 is 9.57 Å². The van der Waals surface area contributed by atoms with Crippen molar-refractivity contribution in [2.75, 3.05) is 0 Å². The van der Waals surface area contributed by atoms with Crippen molar-refractivity contribution in [3.8, 4) is 0 Å². The first-order valence-corrected chi connectivity index (χ1v) is 6.67. The van der Waals surface area contributed by atoms with Crippen LogP contribution in [0.5, 0.6) is 0 Å². The predicted octanol–water partition coefficient (Wildman–Crippen LogP) is 3.09. The monoisotopic (exact) mass is 295 g/mol. The molecule has 0 saturated heterocycles. The van der Waals surface area contributed by atoms with Crippen molar-refractivity contribution in [2.45, 2.75) is 31.7 Å². The van der Waals surface area contributed by atoms with Gasteiger partial charge in [0, 0.05) is 6.42 Å². The molecule has 90 valence electrons. The Morgan fingerprint density at radius 2 is 2.12 bits per heavy atom. The van der Waals surface area contributed by atoms with E-state index >= 15 is 0 Å². The molecule has 1 aromatic rings. The van der Waals surface area contributed by atoms with Crippen LogP contribution in [-0.2, 0) is 16.2 Å². The van der Waals surface area contributed by atoms with Crippen LogP contribution in [0.25, 0.3) is 0 Å². The lowest BCUT2D eigenvalue weighted by Gasteiger charge is -2.11. The number of fused-ring (bicyclic) bond motifs is 1. The van der Waals surface area contributed by atoms with E-state index in [0.29, 0.717) is 12.5 Å². The standard InChI is InChI=1S/C13H14BrNO2/c14-13-11-6-10(7-12(11)17-15-13)16-8-9-4-2-1-3-5-9/h1-5,10-12H,6-8H2/t10-,11-,12?/m1/s1. The zero-order valence-electron chi connectivity index (χ0n) is 9.38. The van der Waals surface area contributed by atoms with Crippen molar-refractivity contribution in [3.63, 3.8) is 0 Å². The number of rotatable bonds is 3. The number of nitrogens with zero attached hydrogens (tertiary/aromatic N) is 1. The molecule has 1 aliphatic carbocycles. The van der Waals surface area contributed by atoms with Crippen LogP contribution in [-0.4, -0.2) is 16.8 Å². The summed E-state index contributed by atoms with van der Waals surface area (Å²) in [5, 5.41) is 3.95. The molecule has 0 amide bonds. The van der Waals surface area contributed by atoms with Crippen LogP contribution in [0.15, 0.2) is 35.5 Å². The highest BCUT2D eigenvalue weighted by atomic mass is 79.9. The molecule has 0 N–H and O–H groups in total. The molecule has 0 radical (unpaired) electrons. The molecule has 3 nitrogen and oxygen atoms in total. The van der Waals surface area contributed by atoms with E-state index in [0.717, 1.165) is 17.5 Å². The number of benzene rings is 1. The maximum atomic E-state index is 5.92. The minimum Gasteiger partial charge on any atom is -0.391 e. The lowest BCUT2D eigenvalue weighted by molar-refractivity contribution is 0.0202. The van der Waals surface area contributed by atoms with Gasteiger partial charge in [-0.3, -0.25) is 0 Å². The van der Waals surface area contributed by atoms with E-state index in [1.165, 1.54) is 5.56 Å². The van der Waals surface area contributed by atoms with Crippen molar-refractivity contribution < 1.29 is 9.57 Å². The number of oxime groups is 1. The second-order valence-corrected chi connectivity index (χ2v) is 5.37. The second-order valence-electron chi connectivity index (χ2n) is 4.55. The number of ether oxygens (including phenoxy) is 1. The number of hydrogen-bond donors (Lipinski definition) is 0. The molecule has 3 rings (SSSR count). The van der Waals surface area contributed by atoms with E-state index in [9.17, 15) is 0 Å². The van der Waals surface area contributed by atoms with Gasteiger partial charge in [0.15, 0.2) is 0 Å². The fourth-order valence-corrected chi connectivity index (χ4v) is 3.00. The summed E-state index contributed by atoms with van der Waals surface area (Å²) >= 11 is 3.44. The molecule has 1 aromatic carbocycles. The molecule has 1 aliphatic heterocycles. The highest BCUT2D eigenvalue weighted by Crippen LogP contribution is 2.37. The summed E-state index contributed by atoms with van der Waals surface area (Å²) < 4.78 is 6.86. The molecule has 0 bridgehead atoms. The fourth-order valence-electron chi connectivity index (χ4n) is 2.43. The minimum absolute atomic E-state index is 0.213. The average Bonchev–Trinajstić information content (AvgIpc) is 2.91. The van der Waals surface area contributed by atoms with Crippen molar-refractivity contribution in [1.29, 1.82) is 0 Å². The van der Waals surface area contributed by atoms with E-state index in [1.807, 2.05) is 18.2 Å². The first kappa shape index (κ1) is 11.2. The van der Waals surface area contributed by atoms with Crippen molar-refractivity contribution in [1.82, 2.24) is 0 Å². The Balaban J connectivity index is 1.53. The van der Waals surface area contributed by atoms with E-state index in [2.05, 4.69) is 33.2 Å². The third-order valence-electron chi connectivity index (χ3n) is 3.37. The summed E-state index contributed by atoms with van der Waals surface area (Å²) in [6, 6.07) is 10.3. The minimum atomic E-state index is 0.213. The Hall–Kier alpha value is -0.870. The van der Waals surface area contributed by atoms with E-state index < -0.39 is 0 Å². The molecule has 1 heterocycles. The quantitative estimate of drug-likeness (QED) is 0.858. The molecule has 4 heteroatoms. The van der Waals surface area contributed by atoms with Gasteiger partial charge in [-0.15, -0.1) is 0 Å². The van der Waals surface area contributed by atoms with Crippen molar-refractivity contribution >= 4 is 20.6 Å². The Morgan fingerprint density at radius 3 is 2.88 bits per heavy atom. The van der Waals surface area contributed by atoms with Crippen LogP contribution < -0.4 is 0 Å². The lowest BCUT2D eigenvalue weighted by Crippen LogP contribution is -2.12. The van der Waals surface area contributed by atoms with E-state index in [1.54, 1.807) is 0 Å². The molecule has 0 spiro atoms. The smallest absolute Gasteiger partial charge is 0.139 e. The van der Waals surface area contributed by atoms with Crippen LogP contribution in [0.2, 0.25) is 0 Å². The van der Waals surface area contributed by atoms with Gasteiger partial charge in [0.1, 0.15) is 10.7 Å². The molecule has 2 aliphatic rings. The van der Waals surface area contributed by atoms with Gasteiger partial charge in [-0.2, -0.15) is 0 Å². The van der Waals surface area contributed by atoms with Gasteiger partial charge in [-0.25, -0.2) is 0 Å². The second kappa shape index (κ2) is 4.78. The van der Waals surface area contributed by atoms with Gasteiger partial charge in [0.05, 0.1) is 18.6 Å². The largest absolute Gasteiger partial charge is 0.391 e. The Labute approximate surface area is 109 Å². The average molecular weight is 296 g/mol. The number of hydrogen-bond acceptors (Lipinski definition) is 3. The maximum Gasteiger partial charge on any atom is 0.139 e. The zero-order valence-corrected chi connectivity index (χ0v) is 11.0. The van der Waals surface area contributed by atoms with Crippen LogP contribution in [0.1, 0.15) is 18.4 Å². The van der Waals surface area contributed by atoms with Crippen molar-refractivity contribution in [3.05, 3.63) is 35.9 Å². The topological polar surface area (TPSA) is 30.8 Å². The van der Waals surface area contributed by atoms with E-state index in [-0.39, 0.29) is 12.2 Å². The number of halogens is 1. The SMILES string of the molecule is BrC1=NOC2C[C@H](OCc3ccccc3)C[C@@H]12. The van der Waals surface area contributed by atoms with Crippen LogP contribution >= 0.6 is 15.9 Å². The maximum absolute atomic E-state index is 5.92. The first-order chi connectivity index (χ1) is 8.33. The van der Waals surface area contributed by atoms with Gasteiger partial charge in [0.2, 0.25) is 0 Å². The molecular weight excluding hydrogens is 282 g/mol. The third kappa shape index (κ3) is 2.38.